The van der Waals surface area contributed by atoms with E-state index in [1.807, 2.05) is 0 Å². The number of benzene rings is 1. The molecule has 1 fully saturated rings. The first-order valence-electron chi connectivity index (χ1n) is 6.76. The molecule has 0 unspecified atom stereocenters. The minimum Gasteiger partial charge on any atom is -0.508 e. The zero-order valence-electron chi connectivity index (χ0n) is 11.2. The van der Waals surface area contributed by atoms with Crippen LogP contribution < -0.4 is 10.6 Å². The summed E-state index contributed by atoms with van der Waals surface area (Å²) < 4.78 is 19.1. The van der Waals surface area contributed by atoms with Gasteiger partial charge in [-0.2, -0.15) is 0 Å². The standard InChI is InChI=1S/C14H19FN2O3/c15-13-9-10(18)1-2-12(13)14(19)17-7-8-20-11-3-5-16-6-4-11/h1-2,9,11,16,18H,3-8H2,(H,17,19). The average molecular weight is 282 g/mol. The minimum absolute atomic E-state index is 0.0790. The summed E-state index contributed by atoms with van der Waals surface area (Å²) in [5, 5.41) is 14.9. The summed E-state index contributed by atoms with van der Waals surface area (Å²) >= 11 is 0. The van der Waals surface area contributed by atoms with E-state index in [0.717, 1.165) is 32.0 Å². The van der Waals surface area contributed by atoms with Crippen LogP contribution in [-0.2, 0) is 4.74 Å². The van der Waals surface area contributed by atoms with Gasteiger partial charge < -0.3 is 20.5 Å². The highest BCUT2D eigenvalue weighted by molar-refractivity contribution is 5.94. The van der Waals surface area contributed by atoms with Crippen LogP contribution in [0.3, 0.4) is 0 Å². The molecule has 1 aromatic carbocycles. The number of amides is 1. The molecule has 1 saturated heterocycles. The van der Waals surface area contributed by atoms with Gasteiger partial charge in [-0.05, 0) is 38.1 Å². The maximum absolute atomic E-state index is 13.4. The van der Waals surface area contributed by atoms with Crippen LogP contribution in [0.1, 0.15) is 23.2 Å². The Kier molecular flexibility index (Phi) is 5.31. The average Bonchev–Trinajstić information content (AvgIpc) is 2.44. The molecule has 3 N–H and O–H groups in total. The number of hydrogen-bond acceptors (Lipinski definition) is 4. The van der Waals surface area contributed by atoms with E-state index >= 15 is 0 Å². The normalized spacial score (nSPS) is 16.1. The predicted molar refractivity (Wildman–Crippen MR) is 72.2 cm³/mol. The summed E-state index contributed by atoms with van der Waals surface area (Å²) in [5.74, 6) is -1.44. The van der Waals surface area contributed by atoms with E-state index in [4.69, 9.17) is 9.84 Å². The number of carbonyl (C=O) groups is 1. The van der Waals surface area contributed by atoms with Crippen molar-refractivity contribution in [3.63, 3.8) is 0 Å². The van der Waals surface area contributed by atoms with Gasteiger partial charge in [0.05, 0.1) is 18.3 Å². The van der Waals surface area contributed by atoms with Crippen LogP contribution in [0.4, 0.5) is 4.39 Å². The van der Waals surface area contributed by atoms with Gasteiger partial charge in [0.15, 0.2) is 0 Å². The summed E-state index contributed by atoms with van der Waals surface area (Å²) in [6, 6.07) is 3.46. The number of phenolic OH excluding ortho intramolecular Hbond substituents is 1. The molecule has 0 spiro atoms. The quantitative estimate of drug-likeness (QED) is 0.705. The molecule has 5 nitrogen and oxygen atoms in total. The van der Waals surface area contributed by atoms with Crippen LogP contribution in [0, 0.1) is 5.82 Å². The first-order chi connectivity index (χ1) is 9.66. The van der Waals surface area contributed by atoms with Crippen molar-refractivity contribution in [3.05, 3.63) is 29.6 Å². The van der Waals surface area contributed by atoms with E-state index < -0.39 is 11.7 Å². The fourth-order valence-electron chi connectivity index (χ4n) is 2.14. The zero-order chi connectivity index (χ0) is 14.4. The Labute approximate surface area is 117 Å². The lowest BCUT2D eigenvalue weighted by atomic mass is 10.1. The molecular weight excluding hydrogens is 263 g/mol. The molecule has 1 amide bonds. The van der Waals surface area contributed by atoms with Gasteiger partial charge in [0.25, 0.3) is 5.91 Å². The highest BCUT2D eigenvalue weighted by Crippen LogP contribution is 2.14. The van der Waals surface area contributed by atoms with Crippen LogP contribution in [0.2, 0.25) is 0 Å². The maximum Gasteiger partial charge on any atom is 0.254 e. The Morgan fingerprint density at radius 3 is 2.90 bits per heavy atom. The van der Waals surface area contributed by atoms with Crippen molar-refractivity contribution in [2.75, 3.05) is 26.2 Å². The molecule has 1 heterocycles. The Balaban J connectivity index is 1.72. The molecule has 0 atom stereocenters. The molecule has 1 aliphatic rings. The SMILES string of the molecule is O=C(NCCOC1CCNCC1)c1ccc(O)cc1F. The van der Waals surface area contributed by atoms with Crippen LogP contribution in [0.15, 0.2) is 18.2 Å². The van der Waals surface area contributed by atoms with Gasteiger partial charge in [0.2, 0.25) is 0 Å². The zero-order valence-corrected chi connectivity index (χ0v) is 11.2. The number of nitrogens with one attached hydrogen (secondary N) is 2. The summed E-state index contributed by atoms with van der Waals surface area (Å²) in [7, 11) is 0. The number of carbonyl (C=O) groups excluding carboxylic acids is 1. The van der Waals surface area contributed by atoms with Crippen molar-refractivity contribution in [2.45, 2.75) is 18.9 Å². The van der Waals surface area contributed by atoms with Gasteiger partial charge in [0, 0.05) is 12.6 Å². The lowest BCUT2D eigenvalue weighted by Gasteiger charge is -2.22. The first-order valence-corrected chi connectivity index (χ1v) is 6.76. The summed E-state index contributed by atoms with van der Waals surface area (Å²) in [4.78, 5) is 11.7. The Hall–Kier alpha value is -1.66. The van der Waals surface area contributed by atoms with Crippen molar-refractivity contribution in [3.8, 4) is 5.75 Å². The third-order valence-electron chi connectivity index (χ3n) is 3.22. The Morgan fingerprint density at radius 2 is 2.20 bits per heavy atom. The second-order valence-corrected chi connectivity index (χ2v) is 4.74. The van der Waals surface area contributed by atoms with Gasteiger partial charge in [-0.25, -0.2) is 4.39 Å². The van der Waals surface area contributed by atoms with Crippen molar-refractivity contribution < 1.29 is 19.0 Å². The molecular formula is C14H19FN2O3. The van der Waals surface area contributed by atoms with E-state index in [1.165, 1.54) is 12.1 Å². The van der Waals surface area contributed by atoms with E-state index in [1.54, 1.807) is 0 Å². The van der Waals surface area contributed by atoms with Crippen molar-refractivity contribution in [1.82, 2.24) is 10.6 Å². The molecule has 1 aromatic rings. The molecule has 0 saturated carbocycles. The number of rotatable bonds is 5. The van der Waals surface area contributed by atoms with Crippen LogP contribution in [0.5, 0.6) is 5.75 Å². The minimum atomic E-state index is -0.734. The molecule has 1 aliphatic heterocycles. The smallest absolute Gasteiger partial charge is 0.254 e. The number of aromatic hydroxyl groups is 1. The van der Waals surface area contributed by atoms with Crippen molar-refractivity contribution in [2.24, 2.45) is 0 Å². The first kappa shape index (κ1) is 14.7. The molecule has 0 bridgehead atoms. The second kappa shape index (κ2) is 7.21. The molecule has 0 aromatic heterocycles. The number of phenols is 1. The Morgan fingerprint density at radius 1 is 1.45 bits per heavy atom. The third kappa shape index (κ3) is 4.18. The monoisotopic (exact) mass is 282 g/mol. The topological polar surface area (TPSA) is 70.6 Å². The highest BCUT2D eigenvalue weighted by atomic mass is 19.1. The van der Waals surface area contributed by atoms with Crippen molar-refractivity contribution in [1.29, 1.82) is 0 Å². The lowest BCUT2D eigenvalue weighted by Crippen LogP contribution is -2.35. The molecule has 0 radical (unpaired) electrons. The third-order valence-corrected chi connectivity index (χ3v) is 3.22. The van der Waals surface area contributed by atoms with Gasteiger partial charge in [-0.3, -0.25) is 4.79 Å². The van der Waals surface area contributed by atoms with E-state index in [9.17, 15) is 9.18 Å². The maximum atomic E-state index is 13.4. The van der Waals surface area contributed by atoms with Gasteiger partial charge in [-0.15, -0.1) is 0 Å². The highest BCUT2D eigenvalue weighted by Gasteiger charge is 2.14. The van der Waals surface area contributed by atoms with E-state index in [-0.39, 0.29) is 17.4 Å². The van der Waals surface area contributed by atoms with Crippen LogP contribution >= 0.6 is 0 Å². The van der Waals surface area contributed by atoms with E-state index in [2.05, 4.69) is 10.6 Å². The number of halogens is 1. The largest absolute Gasteiger partial charge is 0.508 e. The van der Waals surface area contributed by atoms with Gasteiger partial charge in [0.1, 0.15) is 11.6 Å². The van der Waals surface area contributed by atoms with Gasteiger partial charge in [-0.1, -0.05) is 0 Å². The summed E-state index contributed by atoms with van der Waals surface area (Å²) in [5.41, 5.74) is -0.0790. The Bertz CT molecular complexity index is 462. The number of piperidine rings is 1. The summed E-state index contributed by atoms with van der Waals surface area (Å²) in [6.07, 6.45) is 2.18. The predicted octanol–water partition coefficient (Wildman–Crippen LogP) is 1.03. The van der Waals surface area contributed by atoms with Gasteiger partial charge >= 0.3 is 0 Å². The molecule has 2 rings (SSSR count). The number of ether oxygens (including phenoxy) is 1. The molecule has 6 heteroatoms. The van der Waals surface area contributed by atoms with Crippen molar-refractivity contribution >= 4 is 5.91 Å². The molecule has 110 valence electrons. The lowest BCUT2D eigenvalue weighted by molar-refractivity contribution is 0.0343. The van der Waals surface area contributed by atoms with Crippen LogP contribution in [0.25, 0.3) is 0 Å². The fourth-order valence-corrected chi connectivity index (χ4v) is 2.14. The molecule has 20 heavy (non-hydrogen) atoms. The number of hydrogen-bond donors (Lipinski definition) is 3. The van der Waals surface area contributed by atoms with E-state index in [0.29, 0.717) is 13.2 Å². The second-order valence-electron chi connectivity index (χ2n) is 4.74. The fraction of sp³-hybridized carbons (Fsp3) is 0.500. The summed E-state index contributed by atoms with van der Waals surface area (Å²) in [6.45, 7) is 2.66. The van der Waals surface area contributed by atoms with Crippen LogP contribution in [-0.4, -0.2) is 43.4 Å². The molecule has 0 aliphatic carbocycles.